The summed E-state index contributed by atoms with van der Waals surface area (Å²) in [7, 11) is 0. The van der Waals surface area contributed by atoms with Crippen LogP contribution in [0.4, 0.5) is 5.82 Å². The second-order valence-corrected chi connectivity index (χ2v) is 7.90. The molecule has 0 aromatic carbocycles. The summed E-state index contributed by atoms with van der Waals surface area (Å²) in [5.41, 5.74) is 2.86. The number of carbonyl (C=O) groups is 1. The van der Waals surface area contributed by atoms with Gasteiger partial charge in [0.1, 0.15) is 23.5 Å². The molecule has 0 unspecified atom stereocenters. The first-order valence-electron chi connectivity index (χ1n) is 10.3. The molecule has 4 heterocycles. The van der Waals surface area contributed by atoms with Crippen molar-refractivity contribution in [2.75, 3.05) is 5.32 Å². The van der Waals surface area contributed by atoms with E-state index in [-0.39, 0.29) is 17.6 Å². The third kappa shape index (κ3) is 3.94. The van der Waals surface area contributed by atoms with Crippen molar-refractivity contribution in [1.29, 1.82) is 0 Å². The maximum atomic E-state index is 12.8. The molecule has 1 amide bonds. The highest BCUT2D eigenvalue weighted by atomic mass is 16.1. The Morgan fingerprint density at radius 1 is 1.16 bits per heavy atom. The zero-order chi connectivity index (χ0) is 21.4. The molecule has 4 aromatic rings. The second kappa shape index (κ2) is 7.75. The van der Waals surface area contributed by atoms with Crippen molar-refractivity contribution in [3.05, 3.63) is 66.8 Å². The van der Waals surface area contributed by atoms with Crippen LogP contribution in [0.3, 0.4) is 0 Å². The van der Waals surface area contributed by atoms with Crippen LogP contribution in [0, 0.1) is 0 Å². The van der Waals surface area contributed by atoms with Crippen LogP contribution in [0.25, 0.3) is 17.2 Å². The number of anilines is 1. The van der Waals surface area contributed by atoms with E-state index in [4.69, 9.17) is 0 Å². The lowest BCUT2D eigenvalue weighted by atomic mass is 10.2. The summed E-state index contributed by atoms with van der Waals surface area (Å²) in [6.07, 6.45) is 9.56. The largest absolute Gasteiger partial charge is 0.310 e. The van der Waals surface area contributed by atoms with Crippen LogP contribution in [0.2, 0.25) is 0 Å². The third-order valence-electron chi connectivity index (χ3n) is 5.22. The summed E-state index contributed by atoms with van der Waals surface area (Å²) in [6.45, 7) is 4.08. The molecule has 1 saturated carbocycles. The van der Waals surface area contributed by atoms with Gasteiger partial charge in [-0.25, -0.2) is 15.0 Å². The number of pyridine rings is 2. The molecule has 9 nitrogen and oxygen atoms in total. The van der Waals surface area contributed by atoms with Gasteiger partial charge in [-0.05, 0) is 44.9 Å². The maximum Gasteiger partial charge on any atom is 0.275 e. The standard InChI is InChI=1S/C22H22N8O/c1-14(2)30-13-25-28-21(30)17-4-3-5-18(26-17)22(31)27-20-10-16(8-9-23-20)29-11-19(24-12-29)15-6-7-15/h3-5,8-15H,6-7H2,1-2H3,(H,23,27,31). The van der Waals surface area contributed by atoms with Gasteiger partial charge in [0.05, 0.1) is 17.7 Å². The van der Waals surface area contributed by atoms with Crippen LogP contribution in [0.5, 0.6) is 0 Å². The van der Waals surface area contributed by atoms with Crippen molar-refractivity contribution in [2.24, 2.45) is 0 Å². The minimum Gasteiger partial charge on any atom is -0.310 e. The van der Waals surface area contributed by atoms with E-state index in [0.29, 0.717) is 23.3 Å². The van der Waals surface area contributed by atoms with Crippen LogP contribution in [-0.2, 0) is 0 Å². The van der Waals surface area contributed by atoms with Crippen LogP contribution in [-0.4, -0.2) is 40.2 Å². The molecule has 1 aliphatic rings. The Morgan fingerprint density at radius 3 is 2.84 bits per heavy atom. The van der Waals surface area contributed by atoms with Crippen LogP contribution in [0.15, 0.2) is 55.4 Å². The summed E-state index contributed by atoms with van der Waals surface area (Å²) in [5, 5.41) is 11.0. The molecule has 0 aliphatic heterocycles. The number of amides is 1. The fraction of sp³-hybridized carbons (Fsp3) is 0.273. The number of hydrogen-bond donors (Lipinski definition) is 1. The Hall–Kier alpha value is -3.88. The quantitative estimate of drug-likeness (QED) is 0.517. The van der Waals surface area contributed by atoms with Gasteiger partial charge >= 0.3 is 0 Å². The number of hydrogen-bond acceptors (Lipinski definition) is 6. The Kier molecular flexibility index (Phi) is 4.78. The Balaban J connectivity index is 1.36. The zero-order valence-electron chi connectivity index (χ0n) is 17.3. The normalized spacial score (nSPS) is 13.5. The summed E-state index contributed by atoms with van der Waals surface area (Å²) in [5.74, 6) is 1.31. The highest BCUT2D eigenvalue weighted by Crippen LogP contribution is 2.39. The van der Waals surface area contributed by atoms with Crippen molar-refractivity contribution in [3.8, 4) is 17.2 Å². The summed E-state index contributed by atoms with van der Waals surface area (Å²) in [6, 6.07) is 9.14. The van der Waals surface area contributed by atoms with Crippen molar-refractivity contribution in [3.63, 3.8) is 0 Å². The van der Waals surface area contributed by atoms with E-state index in [2.05, 4.69) is 30.5 Å². The average molecular weight is 414 g/mol. The van der Waals surface area contributed by atoms with Crippen molar-refractivity contribution in [1.82, 2.24) is 34.3 Å². The van der Waals surface area contributed by atoms with Gasteiger partial charge in [0.25, 0.3) is 5.91 Å². The van der Waals surface area contributed by atoms with Crippen molar-refractivity contribution in [2.45, 2.75) is 38.6 Å². The zero-order valence-corrected chi connectivity index (χ0v) is 17.3. The molecule has 5 rings (SSSR count). The molecule has 1 aliphatic carbocycles. The van der Waals surface area contributed by atoms with Gasteiger partial charge < -0.3 is 14.5 Å². The molecular weight excluding hydrogens is 392 g/mol. The number of aromatic nitrogens is 7. The molecule has 0 spiro atoms. The lowest BCUT2D eigenvalue weighted by Crippen LogP contribution is -2.15. The molecule has 1 fully saturated rings. The molecule has 1 N–H and O–H groups in total. The highest BCUT2D eigenvalue weighted by Gasteiger charge is 2.25. The van der Waals surface area contributed by atoms with E-state index in [1.807, 2.05) is 47.4 Å². The number of rotatable bonds is 6. The van der Waals surface area contributed by atoms with Crippen LogP contribution >= 0.6 is 0 Å². The van der Waals surface area contributed by atoms with Crippen LogP contribution < -0.4 is 5.32 Å². The molecule has 4 aromatic heterocycles. The van der Waals surface area contributed by atoms with E-state index in [0.717, 1.165) is 11.4 Å². The average Bonchev–Trinajstić information content (AvgIpc) is 3.30. The highest BCUT2D eigenvalue weighted by molar-refractivity contribution is 6.02. The number of carbonyl (C=O) groups excluding carboxylic acids is 1. The Morgan fingerprint density at radius 2 is 2.03 bits per heavy atom. The maximum absolute atomic E-state index is 12.8. The molecule has 9 heteroatoms. The minimum absolute atomic E-state index is 0.180. The number of imidazole rings is 1. The van der Waals surface area contributed by atoms with Crippen LogP contribution in [0.1, 0.15) is 54.8 Å². The first-order chi connectivity index (χ1) is 15.1. The monoisotopic (exact) mass is 414 g/mol. The molecule has 0 saturated heterocycles. The van der Waals surface area contributed by atoms with E-state index in [1.165, 1.54) is 12.8 Å². The lowest BCUT2D eigenvalue weighted by molar-refractivity contribution is 0.102. The van der Waals surface area contributed by atoms with Gasteiger partial charge in [0.2, 0.25) is 0 Å². The molecule has 31 heavy (non-hydrogen) atoms. The van der Waals surface area contributed by atoms with Gasteiger partial charge in [0, 0.05) is 30.4 Å². The molecule has 0 radical (unpaired) electrons. The predicted molar refractivity (Wildman–Crippen MR) is 115 cm³/mol. The molecule has 0 atom stereocenters. The third-order valence-corrected chi connectivity index (χ3v) is 5.22. The van der Waals surface area contributed by atoms with Gasteiger partial charge in [-0.3, -0.25) is 4.79 Å². The minimum atomic E-state index is -0.341. The van der Waals surface area contributed by atoms with Crippen molar-refractivity contribution < 1.29 is 4.79 Å². The second-order valence-electron chi connectivity index (χ2n) is 7.90. The topological polar surface area (TPSA) is 103 Å². The van der Waals surface area contributed by atoms with Gasteiger partial charge in [-0.15, -0.1) is 10.2 Å². The lowest BCUT2D eigenvalue weighted by Gasteiger charge is -2.10. The smallest absolute Gasteiger partial charge is 0.275 e. The molecule has 0 bridgehead atoms. The predicted octanol–water partition coefficient (Wildman–Crippen LogP) is 3.63. The van der Waals surface area contributed by atoms with E-state index < -0.39 is 0 Å². The van der Waals surface area contributed by atoms with E-state index >= 15 is 0 Å². The Bertz CT molecular complexity index is 1240. The van der Waals surface area contributed by atoms with Gasteiger partial charge in [-0.2, -0.15) is 0 Å². The SMILES string of the molecule is CC(C)n1cnnc1-c1cccc(C(=O)Nc2cc(-n3cnc(C4CC4)c3)ccn2)n1. The number of nitrogens with zero attached hydrogens (tertiary/aromatic N) is 7. The fourth-order valence-electron chi connectivity index (χ4n) is 3.39. The first kappa shape index (κ1) is 19.1. The van der Waals surface area contributed by atoms with E-state index in [1.54, 1.807) is 31.0 Å². The summed E-state index contributed by atoms with van der Waals surface area (Å²) in [4.78, 5) is 26.1. The molecular formula is C22H22N8O. The molecule has 156 valence electrons. The Labute approximate surface area is 179 Å². The van der Waals surface area contributed by atoms with Gasteiger partial charge in [-0.1, -0.05) is 6.07 Å². The summed E-state index contributed by atoms with van der Waals surface area (Å²) < 4.78 is 3.86. The summed E-state index contributed by atoms with van der Waals surface area (Å²) >= 11 is 0. The fourth-order valence-corrected chi connectivity index (χ4v) is 3.39. The number of nitrogens with one attached hydrogen (secondary N) is 1. The first-order valence-corrected chi connectivity index (χ1v) is 10.3. The van der Waals surface area contributed by atoms with Gasteiger partial charge in [0.15, 0.2) is 5.82 Å². The van der Waals surface area contributed by atoms with Crippen molar-refractivity contribution >= 4 is 11.7 Å². The van der Waals surface area contributed by atoms with E-state index in [9.17, 15) is 4.79 Å².